The summed E-state index contributed by atoms with van der Waals surface area (Å²) in [6, 6.07) is 0. The number of hydrogen-bond acceptors (Lipinski definition) is 6. The molecule has 1 saturated heterocycles. The van der Waals surface area contributed by atoms with Crippen LogP contribution < -0.4 is 0 Å². The van der Waals surface area contributed by atoms with Crippen LogP contribution in [0.3, 0.4) is 0 Å². The molecule has 3 rings (SSSR count). The number of nitrogens with zero attached hydrogens (tertiary/aromatic N) is 1. The lowest BCUT2D eigenvalue weighted by Gasteiger charge is -2.40. The van der Waals surface area contributed by atoms with Gasteiger partial charge in [-0.25, -0.2) is 0 Å². The van der Waals surface area contributed by atoms with E-state index in [2.05, 4.69) is 90.2 Å². The van der Waals surface area contributed by atoms with E-state index >= 15 is 0 Å². The quantitative estimate of drug-likeness (QED) is 0.0451. The first kappa shape index (κ1) is 58.3. The van der Waals surface area contributed by atoms with Gasteiger partial charge in [-0.1, -0.05) is 149 Å². The summed E-state index contributed by atoms with van der Waals surface area (Å²) >= 11 is 0. The lowest BCUT2D eigenvalue weighted by atomic mass is 9.68. The van der Waals surface area contributed by atoms with E-state index in [4.69, 9.17) is 23.7 Å². The maximum atomic E-state index is 6.53. The van der Waals surface area contributed by atoms with Gasteiger partial charge >= 0.3 is 0 Å². The van der Waals surface area contributed by atoms with E-state index in [0.29, 0.717) is 30.8 Å². The number of unbranched alkanes of at least 4 members (excludes halogenated alkanes) is 9. The maximum absolute atomic E-state index is 6.53. The van der Waals surface area contributed by atoms with E-state index in [-0.39, 0.29) is 6.10 Å². The van der Waals surface area contributed by atoms with E-state index in [0.717, 1.165) is 121 Å². The van der Waals surface area contributed by atoms with Crippen LogP contribution in [0.25, 0.3) is 0 Å². The second-order valence-corrected chi connectivity index (χ2v) is 21.7. The molecule has 0 bridgehead atoms. The monoisotopic (exact) mass is 911 g/mol. The lowest BCUT2D eigenvalue weighted by molar-refractivity contribution is -0.0386. The van der Waals surface area contributed by atoms with E-state index < -0.39 is 0 Å². The summed E-state index contributed by atoms with van der Waals surface area (Å²) in [7, 11) is 1.83. The molecule has 0 aromatic rings. The summed E-state index contributed by atoms with van der Waals surface area (Å²) in [4.78, 5) is 2.48. The van der Waals surface area contributed by atoms with Crippen LogP contribution in [0.15, 0.2) is 36.0 Å². The van der Waals surface area contributed by atoms with Crippen molar-refractivity contribution in [1.82, 2.24) is 4.90 Å². The molecule has 6 nitrogen and oxygen atoms in total. The zero-order chi connectivity index (χ0) is 46.8. The van der Waals surface area contributed by atoms with E-state index in [1.54, 1.807) is 5.57 Å². The molecule has 0 aromatic heterocycles. The van der Waals surface area contributed by atoms with Crippen molar-refractivity contribution in [1.29, 1.82) is 0 Å². The molecule has 0 aromatic carbocycles. The minimum atomic E-state index is 0.0897. The Bertz CT molecular complexity index is 1220. The Morgan fingerprint density at radius 3 is 2.15 bits per heavy atom. The van der Waals surface area contributed by atoms with Gasteiger partial charge in [0.25, 0.3) is 0 Å². The fourth-order valence-electron chi connectivity index (χ4n) is 11.3. The zero-order valence-corrected chi connectivity index (χ0v) is 44.3. The van der Waals surface area contributed by atoms with Crippen molar-refractivity contribution in [3.63, 3.8) is 0 Å². The summed E-state index contributed by atoms with van der Waals surface area (Å²) in [5.41, 5.74) is 1.99. The molecule has 2 saturated carbocycles. The fourth-order valence-corrected chi connectivity index (χ4v) is 11.3. The molecule has 2 aliphatic carbocycles. The van der Waals surface area contributed by atoms with Crippen LogP contribution in [0.5, 0.6) is 0 Å². The largest absolute Gasteiger partial charge is 0.381 e. The molecule has 0 spiro atoms. The number of hydrogen-bond donors (Lipinski definition) is 0. The van der Waals surface area contributed by atoms with Crippen LogP contribution >= 0.6 is 0 Å². The van der Waals surface area contributed by atoms with E-state index in [1.807, 2.05) is 7.11 Å². The number of allylic oxidation sites excluding steroid dienone is 5. The molecule has 3 fully saturated rings. The molecule has 1 radical (unpaired) electrons. The van der Waals surface area contributed by atoms with E-state index in [1.165, 1.54) is 122 Å². The van der Waals surface area contributed by atoms with Gasteiger partial charge in [0.05, 0.1) is 24.9 Å². The maximum Gasteiger partial charge on any atom is 0.0934 e. The third kappa shape index (κ3) is 26.0. The first-order valence-electron chi connectivity index (χ1n) is 28.2. The number of ether oxygens (including phenoxy) is 5. The molecule has 65 heavy (non-hydrogen) atoms. The SMILES string of the molecule is CCCCC/C=C\C/C=C\CCCCCCCCOCC(CN1CCC(OC)C1)OCCCOCCCO[C@H]1CC[C@](C)(CCC)/C(=C\C[CH][C@@H]2CC[C@H]([C@H](C)CCCC(C)C)[C@@H]2C)C1. The normalized spacial score (nSPS) is 25.9. The standard InChI is InChI=1S/C59H108NO5/c1-9-11-12-13-14-15-16-17-18-19-20-21-22-23-24-25-41-63-49-57(48-60-40-37-56(47-60)61-8)65-45-29-43-62-42-28-44-64-55-36-39-59(7,38-10-2)54(46-55)33-27-32-53-34-35-58(52(53)6)51(5)31-26-30-50(3)4/h14-15,17-18,32-33,50-53,55-58H,9-13,16,19-31,34-49H2,1-8H3/b15-14-,18-17-,54-33-/t51-,52-,53-,55+,56?,57?,58-,59+/m1/s1. The van der Waals surface area contributed by atoms with Crippen molar-refractivity contribution in [3.05, 3.63) is 42.4 Å². The highest BCUT2D eigenvalue weighted by Gasteiger charge is 2.37. The van der Waals surface area contributed by atoms with Crippen molar-refractivity contribution < 1.29 is 23.7 Å². The van der Waals surface area contributed by atoms with Gasteiger partial charge in [-0.05, 0) is 144 Å². The smallest absolute Gasteiger partial charge is 0.0934 e. The molecule has 6 heteroatoms. The number of methoxy groups -OCH3 is 1. The third-order valence-corrected chi connectivity index (χ3v) is 15.6. The summed E-state index contributed by atoms with van der Waals surface area (Å²) in [6.07, 6.45) is 47.8. The Hall–Kier alpha value is -1.02. The topological polar surface area (TPSA) is 49.4 Å². The summed E-state index contributed by atoms with van der Waals surface area (Å²) < 4.78 is 30.9. The van der Waals surface area contributed by atoms with Gasteiger partial charge in [0.2, 0.25) is 0 Å². The second-order valence-electron chi connectivity index (χ2n) is 21.7. The number of rotatable bonds is 40. The third-order valence-electron chi connectivity index (χ3n) is 15.6. The predicted molar refractivity (Wildman–Crippen MR) is 279 cm³/mol. The first-order valence-corrected chi connectivity index (χ1v) is 28.2. The molecule has 2 unspecified atom stereocenters. The van der Waals surface area contributed by atoms with Gasteiger partial charge in [0, 0.05) is 59.8 Å². The molecule has 8 atom stereocenters. The Morgan fingerprint density at radius 2 is 1.43 bits per heavy atom. The van der Waals surface area contributed by atoms with Gasteiger partial charge in [-0.15, -0.1) is 0 Å². The Labute approximate surface area is 404 Å². The number of likely N-dealkylation sites (tertiary alicyclic amines) is 1. The van der Waals surface area contributed by atoms with Crippen molar-refractivity contribution in [2.75, 3.05) is 66.4 Å². The minimum absolute atomic E-state index is 0.0897. The van der Waals surface area contributed by atoms with Crippen molar-refractivity contribution >= 4 is 0 Å². The summed E-state index contributed by atoms with van der Waals surface area (Å²) in [6.45, 7) is 24.4. The Kier molecular flexibility index (Phi) is 33.1. The molecule has 0 N–H and O–H groups in total. The highest BCUT2D eigenvalue weighted by atomic mass is 16.5. The molecule has 379 valence electrons. The first-order chi connectivity index (χ1) is 31.7. The van der Waals surface area contributed by atoms with Crippen molar-refractivity contribution in [2.45, 2.75) is 234 Å². The van der Waals surface area contributed by atoms with Crippen molar-refractivity contribution in [3.8, 4) is 0 Å². The van der Waals surface area contributed by atoms with Crippen LogP contribution in [0.4, 0.5) is 0 Å². The fraction of sp³-hybridized carbons (Fsp3) is 0.881. The average molecular weight is 912 g/mol. The van der Waals surface area contributed by atoms with E-state index in [9.17, 15) is 0 Å². The molecular weight excluding hydrogens is 803 g/mol. The van der Waals surface area contributed by atoms with Crippen LogP contribution in [0.1, 0.15) is 215 Å². The van der Waals surface area contributed by atoms with Gasteiger partial charge in [0.1, 0.15) is 0 Å². The van der Waals surface area contributed by atoms with Gasteiger partial charge < -0.3 is 23.7 Å². The van der Waals surface area contributed by atoms with Crippen LogP contribution in [-0.4, -0.2) is 89.6 Å². The zero-order valence-electron chi connectivity index (χ0n) is 44.3. The lowest BCUT2D eigenvalue weighted by Crippen LogP contribution is -2.36. The van der Waals surface area contributed by atoms with Crippen LogP contribution in [-0.2, 0) is 23.7 Å². The molecule has 1 aliphatic heterocycles. The second kappa shape index (κ2) is 36.9. The highest BCUT2D eigenvalue weighted by molar-refractivity contribution is 5.18. The van der Waals surface area contributed by atoms with Gasteiger partial charge in [-0.3, -0.25) is 4.90 Å². The average Bonchev–Trinajstić information content (AvgIpc) is 3.91. The van der Waals surface area contributed by atoms with Crippen LogP contribution in [0, 0.1) is 41.4 Å². The predicted octanol–water partition coefficient (Wildman–Crippen LogP) is 15.7. The van der Waals surface area contributed by atoms with Crippen LogP contribution in [0.2, 0.25) is 0 Å². The van der Waals surface area contributed by atoms with Gasteiger partial charge in [-0.2, -0.15) is 0 Å². The Balaban J connectivity index is 1.25. The molecule has 0 amide bonds. The summed E-state index contributed by atoms with van der Waals surface area (Å²) in [5, 5.41) is 0. The highest BCUT2D eigenvalue weighted by Crippen LogP contribution is 2.47. The minimum Gasteiger partial charge on any atom is -0.381 e. The van der Waals surface area contributed by atoms with Gasteiger partial charge in [0.15, 0.2) is 0 Å². The summed E-state index contributed by atoms with van der Waals surface area (Å²) in [5.74, 6) is 4.20. The molecule has 1 heterocycles. The Morgan fingerprint density at radius 1 is 0.708 bits per heavy atom. The molecular formula is C59H108NO5. The molecule has 3 aliphatic rings. The van der Waals surface area contributed by atoms with Crippen molar-refractivity contribution in [2.24, 2.45) is 35.0 Å².